The minimum Gasteiger partial charge on any atom is -0.748 e. The predicted octanol–water partition coefficient (Wildman–Crippen LogP) is -0.426. The maximum absolute atomic E-state index is 12.9. The molecule has 98 valence electrons. The van der Waals surface area contributed by atoms with Crippen molar-refractivity contribution in [3.05, 3.63) is 0 Å². The van der Waals surface area contributed by atoms with Gasteiger partial charge in [0.15, 0.2) is 0 Å². The zero-order valence-corrected chi connectivity index (χ0v) is 11.1. The van der Waals surface area contributed by atoms with Gasteiger partial charge in [-0.15, -0.1) is 0 Å². The number of rotatable bonds is 10. The summed E-state index contributed by atoms with van der Waals surface area (Å²) in [6, 6.07) is 0. The van der Waals surface area contributed by atoms with Crippen LogP contribution in [0, 0.1) is 0 Å². The first-order valence-electron chi connectivity index (χ1n) is 5.59. The molecule has 7 heteroatoms. The maximum Gasteiger partial charge on any atom is 1.00 e. The van der Waals surface area contributed by atoms with E-state index in [0.29, 0.717) is 12.8 Å². The Balaban J connectivity index is 0. The molecule has 0 fully saturated rings. The Bertz CT molecular complexity index is 260. The molecule has 0 aromatic carbocycles. The van der Waals surface area contributed by atoms with E-state index >= 15 is 0 Å². The summed E-state index contributed by atoms with van der Waals surface area (Å²) >= 11 is 0. The molecule has 0 saturated heterocycles. The van der Waals surface area contributed by atoms with E-state index in [1.807, 2.05) is 0 Å². The first kappa shape index (κ1) is 19.7. The molecule has 0 radical (unpaired) electrons. The zero-order valence-electron chi connectivity index (χ0n) is 10.3. The Morgan fingerprint density at radius 2 is 1.47 bits per heavy atom. The summed E-state index contributed by atoms with van der Waals surface area (Å²) < 4.78 is 55.2. The molecular weight excluding hydrogens is 245 g/mol. The van der Waals surface area contributed by atoms with E-state index in [0.717, 1.165) is 25.7 Å². The topological polar surface area (TPSA) is 57.2 Å². The second-order valence-corrected chi connectivity index (χ2v) is 5.37. The Morgan fingerprint density at radius 3 is 1.94 bits per heavy atom. The SMILES string of the molecule is O=S(=O)([O-])CC(F)CCCCCCCCF.[Li+]. The third-order valence-corrected chi connectivity index (χ3v) is 3.06. The minimum absolute atomic E-state index is 0. The zero-order chi connectivity index (χ0) is 12.4. The fraction of sp³-hybridized carbons (Fsp3) is 1.00. The molecule has 1 unspecified atom stereocenters. The van der Waals surface area contributed by atoms with E-state index in [2.05, 4.69) is 0 Å². The van der Waals surface area contributed by atoms with Gasteiger partial charge < -0.3 is 4.55 Å². The van der Waals surface area contributed by atoms with Gasteiger partial charge in [0.1, 0.15) is 6.17 Å². The third-order valence-electron chi connectivity index (χ3n) is 2.29. The van der Waals surface area contributed by atoms with Crippen LogP contribution in [0.2, 0.25) is 0 Å². The quantitative estimate of drug-likeness (QED) is 0.306. The normalized spacial score (nSPS) is 13.1. The Hall–Kier alpha value is 0.367. The number of unbranched alkanes of at least 4 members (excludes halogenated alkanes) is 5. The molecule has 0 N–H and O–H groups in total. The minimum atomic E-state index is -4.44. The van der Waals surface area contributed by atoms with Crippen molar-refractivity contribution in [2.45, 2.75) is 51.1 Å². The summed E-state index contributed by atoms with van der Waals surface area (Å²) in [5.41, 5.74) is 0. The molecule has 0 amide bonds. The molecule has 0 spiro atoms. The van der Waals surface area contributed by atoms with E-state index < -0.39 is 22.0 Å². The molecule has 0 rings (SSSR count). The number of hydrogen-bond acceptors (Lipinski definition) is 3. The Morgan fingerprint density at radius 1 is 1.00 bits per heavy atom. The van der Waals surface area contributed by atoms with E-state index in [4.69, 9.17) is 0 Å². The van der Waals surface area contributed by atoms with Gasteiger partial charge in [-0.3, -0.25) is 4.39 Å². The first-order valence-corrected chi connectivity index (χ1v) is 7.17. The molecule has 17 heavy (non-hydrogen) atoms. The van der Waals surface area contributed by atoms with Crippen LogP contribution in [-0.2, 0) is 10.1 Å². The van der Waals surface area contributed by atoms with Crippen molar-refractivity contribution in [3.63, 3.8) is 0 Å². The molecule has 0 bridgehead atoms. The van der Waals surface area contributed by atoms with Crippen molar-refractivity contribution in [1.29, 1.82) is 0 Å². The van der Waals surface area contributed by atoms with Crippen LogP contribution in [0.5, 0.6) is 0 Å². The van der Waals surface area contributed by atoms with Gasteiger partial charge in [-0.05, 0) is 12.8 Å². The molecule has 0 aliphatic carbocycles. The molecule has 3 nitrogen and oxygen atoms in total. The van der Waals surface area contributed by atoms with E-state index in [9.17, 15) is 21.8 Å². The van der Waals surface area contributed by atoms with E-state index in [1.54, 1.807) is 0 Å². The molecule has 0 saturated carbocycles. The Labute approximate surface area is 114 Å². The van der Waals surface area contributed by atoms with Crippen molar-refractivity contribution in [2.24, 2.45) is 0 Å². The van der Waals surface area contributed by atoms with E-state index in [1.165, 1.54) is 0 Å². The van der Waals surface area contributed by atoms with Crippen molar-refractivity contribution in [1.82, 2.24) is 0 Å². The fourth-order valence-electron chi connectivity index (χ4n) is 1.47. The van der Waals surface area contributed by atoms with Crippen LogP contribution < -0.4 is 18.9 Å². The van der Waals surface area contributed by atoms with Crippen LogP contribution in [0.25, 0.3) is 0 Å². The second kappa shape index (κ2) is 11.5. The molecule has 1 atom stereocenters. The largest absolute Gasteiger partial charge is 1.00 e. The molecular formula is C10H19F2LiO3S. The first-order chi connectivity index (χ1) is 7.45. The van der Waals surface area contributed by atoms with Crippen LogP contribution in [0.15, 0.2) is 0 Å². The monoisotopic (exact) mass is 264 g/mol. The van der Waals surface area contributed by atoms with Gasteiger partial charge in [0.05, 0.1) is 22.5 Å². The van der Waals surface area contributed by atoms with Crippen LogP contribution in [0.1, 0.15) is 44.9 Å². The average molecular weight is 264 g/mol. The van der Waals surface area contributed by atoms with Gasteiger partial charge in [0.2, 0.25) is 0 Å². The van der Waals surface area contributed by atoms with Crippen molar-refractivity contribution in [2.75, 3.05) is 12.4 Å². The van der Waals surface area contributed by atoms with Crippen molar-refractivity contribution in [3.8, 4) is 0 Å². The fourth-order valence-corrected chi connectivity index (χ4v) is 2.08. The van der Waals surface area contributed by atoms with E-state index in [-0.39, 0.29) is 32.0 Å². The Kier molecular flexibility index (Phi) is 13.3. The predicted molar refractivity (Wildman–Crippen MR) is 57.8 cm³/mol. The van der Waals surface area contributed by atoms with Crippen LogP contribution in [0.3, 0.4) is 0 Å². The maximum atomic E-state index is 12.9. The number of hydrogen-bond donors (Lipinski definition) is 0. The van der Waals surface area contributed by atoms with Gasteiger partial charge in [0, 0.05) is 0 Å². The van der Waals surface area contributed by atoms with Gasteiger partial charge in [-0.1, -0.05) is 32.1 Å². The molecule has 0 heterocycles. The van der Waals surface area contributed by atoms with Crippen molar-refractivity contribution < 1.29 is 40.6 Å². The summed E-state index contributed by atoms with van der Waals surface area (Å²) in [7, 11) is -4.44. The van der Waals surface area contributed by atoms with Gasteiger partial charge in [0.25, 0.3) is 0 Å². The molecule has 0 aliphatic heterocycles. The van der Waals surface area contributed by atoms with Crippen LogP contribution in [0.4, 0.5) is 8.78 Å². The van der Waals surface area contributed by atoms with Crippen LogP contribution in [-0.4, -0.2) is 31.6 Å². The summed E-state index contributed by atoms with van der Waals surface area (Å²) in [5.74, 6) is -0.922. The summed E-state index contributed by atoms with van der Waals surface area (Å²) in [4.78, 5) is 0. The molecule has 0 aliphatic rings. The standard InChI is InChI=1S/C10H20F2O3S.Li/c11-8-6-4-2-1-3-5-7-10(12)9-16(13,14)15;/h10H,1-9H2,(H,13,14,15);/q;+1/p-1. The third kappa shape index (κ3) is 16.4. The van der Waals surface area contributed by atoms with Crippen LogP contribution >= 0.6 is 0 Å². The smallest absolute Gasteiger partial charge is 0.748 e. The van der Waals surface area contributed by atoms with Crippen molar-refractivity contribution >= 4 is 10.1 Å². The summed E-state index contributed by atoms with van der Waals surface area (Å²) in [6.45, 7) is -0.298. The average Bonchev–Trinajstić information content (AvgIpc) is 2.13. The van der Waals surface area contributed by atoms with Gasteiger partial charge >= 0.3 is 18.9 Å². The summed E-state index contributed by atoms with van der Waals surface area (Å²) in [5, 5.41) is 0. The second-order valence-electron chi connectivity index (χ2n) is 3.92. The summed E-state index contributed by atoms with van der Waals surface area (Å²) in [6.07, 6.45) is 3.17. The molecule has 0 aromatic heterocycles. The number of alkyl halides is 2. The van der Waals surface area contributed by atoms with Gasteiger partial charge in [-0.25, -0.2) is 12.8 Å². The molecule has 0 aromatic rings. The number of halogens is 2. The van der Waals surface area contributed by atoms with Gasteiger partial charge in [-0.2, -0.15) is 0 Å².